The fraction of sp³-hybridized carbons (Fsp3) is 0.333. The van der Waals surface area contributed by atoms with Crippen molar-refractivity contribution >= 4 is 39.2 Å². The van der Waals surface area contributed by atoms with E-state index in [-0.39, 0.29) is 12.4 Å². The van der Waals surface area contributed by atoms with Gasteiger partial charge in [-0.1, -0.05) is 15.9 Å². The van der Waals surface area contributed by atoms with E-state index in [2.05, 4.69) is 32.1 Å². The number of amides is 1. The number of ether oxygens (including phenoxy) is 2. The zero-order chi connectivity index (χ0) is 19.5. The van der Waals surface area contributed by atoms with Gasteiger partial charge in [0.05, 0.1) is 0 Å². The van der Waals surface area contributed by atoms with Gasteiger partial charge in [-0.2, -0.15) is 0 Å². The zero-order valence-corrected chi connectivity index (χ0v) is 17.3. The summed E-state index contributed by atoms with van der Waals surface area (Å²) in [5, 5.41) is 3.29. The summed E-state index contributed by atoms with van der Waals surface area (Å²) in [6.07, 6.45) is 0.823. The number of carbonyl (C=O) groups excluding carboxylic acids is 1. The van der Waals surface area contributed by atoms with Gasteiger partial charge in [0.25, 0.3) is 0 Å². The van der Waals surface area contributed by atoms with E-state index in [0.717, 1.165) is 10.9 Å². The maximum atomic E-state index is 12.1. The van der Waals surface area contributed by atoms with Gasteiger partial charge in [-0.15, -0.1) is 0 Å². The van der Waals surface area contributed by atoms with Crippen molar-refractivity contribution < 1.29 is 18.7 Å². The first-order valence-electron chi connectivity index (χ1n) is 8.47. The van der Waals surface area contributed by atoms with Crippen LogP contribution in [0, 0.1) is 0 Å². The van der Waals surface area contributed by atoms with E-state index in [0.29, 0.717) is 36.4 Å². The highest BCUT2D eigenvalue weighted by Gasteiger charge is 2.11. The lowest BCUT2D eigenvalue weighted by Gasteiger charge is -2.10. The highest BCUT2D eigenvalue weighted by Crippen LogP contribution is 2.18. The number of hydrazine groups is 1. The third kappa shape index (κ3) is 7.98. The summed E-state index contributed by atoms with van der Waals surface area (Å²) in [7, 11) is 0. The highest BCUT2D eigenvalue weighted by molar-refractivity contribution is 9.10. The summed E-state index contributed by atoms with van der Waals surface area (Å²) in [5.74, 6) is 0.988. The van der Waals surface area contributed by atoms with Crippen molar-refractivity contribution in [1.29, 1.82) is 0 Å². The van der Waals surface area contributed by atoms with E-state index < -0.39 is 5.91 Å². The van der Waals surface area contributed by atoms with Crippen molar-refractivity contribution in [3.8, 4) is 5.75 Å². The highest BCUT2D eigenvalue weighted by atomic mass is 79.9. The van der Waals surface area contributed by atoms with E-state index in [9.17, 15) is 4.79 Å². The number of rotatable bonds is 9. The first-order valence-corrected chi connectivity index (χ1v) is 9.67. The first kappa shape index (κ1) is 21.2. The summed E-state index contributed by atoms with van der Waals surface area (Å²) in [4.78, 5) is 12.1. The van der Waals surface area contributed by atoms with Crippen molar-refractivity contribution in [3.05, 3.63) is 52.4 Å². The van der Waals surface area contributed by atoms with Crippen molar-refractivity contribution in [2.24, 2.45) is 0 Å². The predicted octanol–water partition coefficient (Wildman–Crippen LogP) is 3.16. The third-order valence-corrected chi connectivity index (χ3v) is 4.10. The van der Waals surface area contributed by atoms with Gasteiger partial charge in [-0.3, -0.25) is 15.6 Å². The Labute approximate surface area is 171 Å². The third-order valence-electron chi connectivity index (χ3n) is 3.32. The Balaban J connectivity index is 1.69. The Bertz CT molecular complexity index is 736. The minimum absolute atomic E-state index is 0.163. The smallest absolute Gasteiger partial charge is 0.305 e. The Morgan fingerprint density at radius 2 is 1.96 bits per heavy atom. The molecule has 1 aromatic heterocycles. The number of nitrogens with one attached hydrogen (secondary N) is 3. The Kier molecular flexibility index (Phi) is 9.09. The fourth-order valence-electron chi connectivity index (χ4n) is 2.00. The number of halogens is 1. The summed E-state index contributed by atoms with van der Waals surface area (Å²) >= 11 is 8.44. The van der Waals surface area contributed by atoms with Gasteiger partial charge in [0.2, 0.25) is 0 Å². The van der Waals surface area contributed by atoms with Crippen molar-refractivity contribution in [2.75, 3.05) is 19.8 Å². The molecule has 1 amide bonds. The van der Waals surface area contributed by atoms with Gasteiger partial charge < -0.3 is 19.2 Å². The average molecular weight is 456 g/mol. The molecule has 0 aliphatic rings. The maximum absolute atomic E-state index is 12.1. The van der Waals surface area contributed by atoms with Crippen LogP contribution >= 0.6 is 28.1 Å². The lowest BCUT2D eigenvalue weighted by atomic mass is 10.3. The van der Waals surface area contributed by atoms with E-state index in [1.165, 1.54) is 0 Å². The standard InChI is InChI=1S/C18H22BrN3O4S/c1-2-24-11-3-10-20-18(27)22-21-17(23)16-9-8-15(26-16)12-25-14-6-4-13(19)5-7-14/h4-9H,2-3,10-12H2,1H3,(H,21,23)(H2,20,22,27). The van der Waals surface area contributed by atoms with Crippen LogP contribution in [-0.4, -0.2) is 30.8 Å². The molecule has 7 nitrogen and oxygen atoms in total. The number of hydrogen-bond donors (Lipinski definition) is 3. The van der Waals surface area contributed by atoms with Crippen molar-refractivity contribution in [1.82, 2.24) is 16.2 Å². The molecule has 2 rings (SSSR count). The molecule has 1 heterocycles. The topological polar surface area (TPSA) is 84.8 Å². The summed E-state index contributed by atoms with van der Waals surface area (Å²) < 4.78 is 17.3. The fourth-order valence-corrected chi connectivity index (χ4v) is 2.42. The van der Waals surface area contributed by atoms with Crippen LogP contribution in [0.3, 0.4) is 0 Å². The molecule has 0 atom stereocenters. The number of hydrogen-bond acceptors (Lipinski definition) is 5. The van der Waals surface area contributed by atoms with Crippen LogP contribution in [0.25, 0.3) is 0 Å². The largest absolute Gasteiger partial charge is 0.486 e. The van der Waals surface area contributed by atoms with Gasteiger partial charge in [0.15, 0.2) is 10.9 Å². The van der Waals surface area contributed by atoms with Crippen LogP contribution in [0.2, 0.25) is 0 Å². The quantitative estimate of drug-likeness (QED) is 0.304. The molecular formula is C18H22BrN3O4S. The minimum Gasteiger partial charge on any atom is -0.486 e. The van der Waals surface area contributed by atoms with Crippen molar-refractivity contribution in [2.45, 2.75) is 20.0 Å². The monoisotopic (exact) mass is 455 g/mol. The van der Waals surface area contributed by atoms with Crippen LogP contribution in [0.5, 0.6) is 5.75 Å². The van der Waals surface area contributed by atoms with E-state index in [1.54, 1.807) is 12.1 Å². The van der Waals surface area contributed by atoms with Crippen LogP contribution in [0.1, 0.15) is 29.7 Å². The molecule has 146 valence electrons. The average Bonchev–Trinajstić information content (AvgIpc) is 3.14. The van der Waals surface area contributed by atoms with Crippen LogP contribution in [0.4, 0.5) is 0 Å². The van der Waals surface area contributed by atoms with Gasteiger partial charge in [0, 0.05) is 24.2 Å². The molecule has 0 saturated heterocycles. The minimum atomic E-state index is -0.427. The molecule has 0 bridgehead atoms. The van der Waals surface area contributed by atoms with Gasteiger partial charge in [-0.25, -0.2) is 0 Å². The Morgan fingerprint density at radius 3 is 2.70 bits per heavy atom. The molecule has 0 aliphatic heterocycles. The molecular weight excluding hydrogens is 434 g/mol. The van der Waals surface area contributed by atoms with E-state index in [1.807, 2.05) is 31.2 Å². The number of benzene rings is 1. The van der Waals surface area contributed by atoms with Crippen LogP contribution in [0.15, 0.2) is 45.3 Å². The van der Waals surface area contributed by atoms with Crippen LogP contribution in [-0.2, 0) is 11.3 Å². The van der Waals surface area contributed by atoms with E-state index in [4.69, 9.17) is 26.1 Å². The SMILES string of the molecule is CCOCCCNC(=S)NNC(=O)c1ccc(COc2ccc(Br)cc2)o1. The molecule has 0 aliphatic carbocycles. The predicted molar refractivity (Wildman–Crippen MR) is 109 cm³/mol. The second kappa shape index (κ2) is 11.6. The van der Waals surface area contributed by atoms with E-state index >= 15 is 0 Å². The molecule has 0 unspecified atom stereocenters. The second-order valence-corrected chi connectivity index (χ2v) is 6.72. The number of carbonyl (C=O) groups is 1. The lowest BCUT2D eigenvalue weighted by Crippen LogP contribution is -2.47. The lowest BCUT2D eigenvalue weighted by molar-refractivity contribution is 0.0911. The molecule has 0 saturated carbocycles. The molecule has 1 aromatic carbocycles. The van der Waals surface area contributed by atoms with Crippen LogP contribution < -0.4 is 20.9 Å². The van der Waals surface area contributed by atoms with Gasteiger partial charge >= 0.3 is 5.91 Å². The molecule has 0 spiro atoms. The first-order chi connectivity index (χ1) is 13.1. The molecule has 2 aromatic rings. The van der Waals surface area contributed by atoms with Crippen molar-refractivity contribution in [3.63, 3.8) is 0 Å². The maximum Gasteiger partial charge on any atom is 0.305 e. The van der Waals surface area contributed by atoms with Gasteiger partial charge in [-0.05, 0) is 62.0 Å². The molecule has 0 fully saturated rings. The summed E-state index contributed by atoms with van der Waals surface area (Å²) in [6.45, 7) is 4.18. The summed E-state index contributed by atoms with van der Waals surface area (Å²) in [5.41, 5.74) is 5.11. The molecule has 9 heteroatoms. The molecule has 3 N–H and O–H groups in total. The molecule has 27 heavy (non-hydrogen) atoms. The normalized spacial score (nSPS) is 10.3. The summed E-state index contributed by atoms with van der Waals surface area (Å²) in [6, 6.07) is 10.7. The van der Waals surface area contributed by atoms with Gasteiger partial charge in [0.1, 0.15) is 18.1 Å². The number of thiocarbonyl (C=S) groups is 1. The molecule has 0 radical (unpaired) electrons. The Hall–Kier alpha value is -2.10. The zero-order valence-electron chi connectivity index (χ0n) is 14.9. The second-order valence-electron chi connectivity index (χ2n) is 5.39. The Morgan fingerprint density at radius 1 is 1.19 bits per heavy atom. The number of furan rings is 1.